The summed E-state index contributed by atoms with van der Waals surface area (Å²) < 4.78 is 2.29. The quantitative estimate of drug-likeness (QED) is 0.874. The third kappa shape index (κ3) is 1.78. The molecule has 0 aliphatic heterocycles. The van der Waals surface area contributed by atoms with Gasteiger partial charge in [0.05, 0.1) is 6.54 Å². The molecule has 1 aromatic rings. The molecule has 0 saturated heterocycles. The van der Waals surface area contributed by atoms with E-state index in [9.17, 15) is 0 Å². The number of nitrogens with zero attached hydrogens (tertiary/aromatic N) is 3. The second kappa shape index (κ2) is 4.05. The maximum atomic E-state index is 5.81. The lowest BCUT2D eigenvalue weighted by molar-refractivity contribution is 0.328. The summed E-state index contributed by atoms with van der Waals surface area (Å²) in [6.45, 7) is 7.12. The predicted molar refractivity (Wildman–Crippen MR) is 71.1 cm³/mol. The fourth-order valence-corrected chi connectivity index (χ4v) is 3.99. The maximum Gasteiger partial charge on any atom is 0.147 e. The number of fused-ring (bicyclic) bond motifs is 2. The van der Waals surface area contributed by atoms with Crippen molar-refractivity contribution < 1.29 is 0 Å². The molecule has 4 heteroatoms. The van der Waals surface area contributed by atoms with Crippen molar-refractivity contribution in [2.45, 2.75) is 64.5 Å². The smallest absolute Gasteiger partial charge is 0.147 e. The van der Waals surface area contributed by atoms with E-state index in [2.05, 4.69) is 35.5 Å². The molecule has 3 rings (SSSR count). The monoisotopic (exact) mass is 248 g/mol. The minimum Gasteiger partial charge on any atom is -0.324 e. The Morgan fingerprint density at radius 2 is 2.00 bits per heavy atom. The SMILES string of the molecule is CC(C)(C)n1c(CN)nnc1C1CC2CCC1C2. The normalized spacial score (nSPS) is 31.2. The first-order valence-electron chi connectivity index (χ1n) is 7.15. The van der Waals surface area contributed by atoms with Crippen LogP contribution in [0.1, 0.15) is 64.0 Å². The maximum absolute atomic E-state index is 5.81. The highest BCUT2D eigenvalue weighted by atomic mass is 15.3. The van der Waals surface area contributed by atoms with E-state index in [1.807, 2.05) is 0 Å². The molecule has 2 aliphatic rings. The van der Waals surface area contributed by atoms with E-state index in [4.69, 9.17) is 5.73 Å². The molecule has 3 atom stereocenters. The Kier molecular flexibility index (Phi) is 2.73. The molecule has 0 spiro atoms. The average molecular weight is 248 g/mol. The van der Waals surface area contributed by atoms with Gasteiger partial charge < -0.3 is 10.3 Å². The summed E-state index contributed by atoms with van der Waals surface area (Å²) in [5.74, 6) is 4.52. The lowest BCUT2D eigenvalue weighted by Gasteiger charge is -2.29. The third-order valence-electron chi connectivity index (χ3n) is 4.68. The molecule has 2 N–H and O–H groups in total. The zero-order valence-electron chi connectivity index (χ0n) is 11.7. The zero-order chi connectivity index (χ0) is 12.9. The Bertz CT molecular complexity index is 443. The van der Waals surface area contributed by atoms with Gasteiger partial charge in [0.2, 0.25) is 0 Å². The standard InChI is InChI=1S/C14H24N4/c1-14(2,3)18-12(8-15)16-17-13(18)11-7-9-4-5-10(11)6-9/h9-11H,4-8,15H2,1-3H3. The van der Waals surface area contributed by atoms with Crippen LogP contribution in [0.15, 0.2) is 0 Å². The van der Waals surface area contributed by atoms with E-state index in [1.165, 1.54) is 31.5 Å². The van der Waals surface area contributed by atoms with Crippen molar-refractivity contribution in [3.05, 3.63) is 11.6 Å². The predicted octanol–water partition coefficient (Wildman–Crippen LogP) is 2.40. The van der Waals surface area contributed by atoms with Crippen LogP contribution in [0.3, 0.4) is 0 Å². The fraction of sp³-hybridized carbons (Fsp3) is 0.857. The van der Waals surface area contributed by atoms with Crippen molar-refractivity contribution >= 4 is 0 Å². The topological polar surface area (TPSA) is 56.7 Å². The summed E-state index contributed by atoms with van der Waals surface area (Å²) in [7, 11) is 0. The molecule has 4 nitrogen and oxygen atoms in total. The lowest BCUT2D eigenvalue weighted by Crippen LogP contribution is -2.29. The molecule has 18 heavy (non-hydrogen) atoms. The van der Waals surface area contributed by atoms with E-state index in [0.717, 1.165) is 17.7 Å². The van der Waals surface area contributed by atoms with E-state index in [-0.39, 0.29) is 5.54 Å². The van der Waals surface area contributed by atoms with Crippen LogP contribution in [0.2, 0.25) is 0 Å². The number of aromatic nitrogens is 3. The Hall–Kier alpha value is -0.900. The summed E-state index contributed by atoms with van der Waals surface area (Å²) in [5, 5.41) is 8.80. The van der Waals surface area contributed by atoms with Gasteiger partial charge in [-0.25, -0.2) is 0 Å². The van der Waals surface area contributed by atoms with Crippen molar-refractivity contribution in [2.75, 3.05) is 0 Å². The summed E-state index contributed by atoms with van der Waals surface area (Å²) in [6, 6.07) is 0. The van der Waals surface area contributed by atoms with Gasteiger partial charge in [0, 0.05) is 11.5 Å². The van der Waals surface area contributed by atoms with Gasteiger partial charge in [-0.2, -0.15) is 0 Å². The van der Waals surface area contributed by atoms with E-state index < -0.39 is 0 Å². The van der Waals surface area contributed by atoms with Crippen LogP contribution in [-0.2, 0) is 12.1 Å². The highest BCUT2D eigenvalue weighted by molar-refractivity contribution is 5.12. The van der Waals surface area contributed by atoms with Crippen LogP contribution in [0, 0.1) is 11.8 Å². The van der Waals surface area contributed by atoms with Gasteiger partial charge in [-0.1, -0.05) is 6.42 Å². The minimum absolute atomic E-state index is 0.0232. The first-order valence-corrected chi connectivity index (χ1v) is 7.15. The molecule has 0 amide bonds. The summed E-state index contributed by atoms with van der Waals surface area (Å²) in [6.07, 6.45) is 5.52. The minimum atomic E-state index is 0.0232. The number of nitrogens with two attached hydrogens (primary N) is 1. The van der Waals surface area contributed by atoms with Crippen molar-refractivity contribution in [2.24, 2.45) is 17.6 Å². The Morgan fingerprint density at radius 1 is 1.22 bits per heavy atom. The lowest BCUT2D eigenvalue weighted by atomic mass is 9.87. The number of hydrogen-bond acceptors (Lipinski definition) is 3. The summed E-state index contributed by atoms with van der Waals surface area (Å²) in [5.41, 5.74) is 5.84. The Morgan fingerprint density at radius 3 is 2.50 bits per heavy atom. The average Bonchev–Trinajstić information content (AvgIpc) is 3.01. The zero-order valence-corrected chi connectivity index (χ0v) is 11.7. The van der Waals surface area contributed by atoms with Gasteiger partial charge >= 0.3 is 0 Å². The van der Waals surface area contributed by atoms with Crippen LogP contribution in [0.5, 0.6) is 0 Å². The van der Waals surface area contributed by atoms with Crippen LogP contribution in [0.4, 0.5) is 0 Å². The fourth-order valence-electron chi connectivity index (χ4n) is 3.99. The van der Waals surface area contributed by atoms with Gasteiger partial charge in [0.15, 0.2) is 0 Å². The molecule has 2 aliphatic carbocycles. The number of rotatable bonds is 2. The molecular formula is C14H24N4. The van der Waals surface area contributed by atoms with Crippen LogP contribution in [-0.4, -0.2) is 14.8 Å². The van der Waals surface area contributed by atoms with E-state index >= 15 is 0 Å². The molecular weight excluding hydrogens is 224 g/mol. The van der Waals surface area contributed by atoms with Crippen LogP contribution in [0.25, 0.3) is 0 Å². The molecule has 2 saturated carbocycles. The highest BCUT2D eigenvalue weighted by Crippen LogP contribution is 2.52. The molecule has 1 aromatic heterocycles. The van der Waals surface area contributed by atoms with Gasteiger partial charge in [-0.15, -0.1) is 10.2 Å². The van der Waals surface area contributed by atoms with Crippen molar-refractivity contribution in [1.29, 1.82) is 0 Å². The third-order valence-corrected chi connectivity index (χ3v) is 4.68. The highest BCUT2D eigenvalue weighted by Gasteiger charge is 2.43. The second-order valence-corrected chi connectivity index (χ2v) is 6.97. The first kappa shape index (κ1) is 12.2. The molecule has 1 heterocycles. The van der Waals surface area contributed by atoms with Gasteiger partial charge in [0.25, 0.3) is 0 Å². The van der Waals surface area contributed by atoms with Gasteiger partial charge in [0.1, 0.15) is 11.6 Å². The van der Waals surface area contributed by atoms with Crippen LogP contribution < -0.4 is 5.73 Å². The Balaban J connectivity index is 2.00. The van der Waals surface area contributed by atoms with Gasteiger partial charge in [-0.05, 0) is 51.9 Å². The van der Waals surface area contributed by atoms with E-state index in [1.54, 1.807) is 0 Å². The molecule has 0 aromatic carbocycles. The second-order valence-electron chi connectivity index (χ2n) is 6.97. The Labute approximate surface area is 109 Å². The first-order chi connectivity index (χ1) is 8.50. The van der Waals surface area contributed by atoms with Gasteiger partial charge in [-0.3, -0.25) is 0 Å². The van der Waals surface area contributed by atoms with Crippen molar-refractivity contribution in [3.8, 4) is 0 Å². The number of hydrogen-bond donors (Lipinski definition) is 1. The van der Waals surface area contributed by atoms with E-state index in [0.29, 0.717) is 12.5 Å². The molecule has 2 fully saturated rings. The molecule has 100 valence electrons. The summed E-state index contributed by atoms with van der Waals surface area (Å²) in [4.78, 5) is 0. The van der Waals surface area contributed by atoms with Crippen molar-refractivity contribution in [3.63, 3.8) is 0 Å². The largest absolute Gasteiger partial charge is 0.324 e. The summed E-state index contributed by atoms with van der Waals surface area (Å²) >= 11 is 0. The van der Waals surface area contributed by atoms with Crippen molar-refractivity contribution in [1.82, 2.24) is 14.8 Å². The molecule has 0 radical (unpaired) electrons. The molecule has 2 bridgehead atoms. The van der Waals surface area contributed by atoms with Crippen LogP contribution >= 0.6 is 0 Å². The molecule has 3 unspecified atom stereocenters.